The van der Waals surface area contributed by atoms with Gasteiger partial charge in [0.15, 0.2) is 5.11 Å². The summed E-state index contributed by atoms with van der Waals surface area (Å²) < 4.78 is 7.08. The highest BCUT2D eigenvalue weighted by atomic mass is 32.1. The van der Waals surface area contributed by atoms with Crippen LogP contribution in [0.4, 0.5) is 0 Å². The normalized spacial score (nSPS) is 13.9. The molecule has 1 saturated heterocycles. The first-order valence-corrected chi connectivity index (χ1v) is 9.60. The molecule has 0 saturated carbocycles. The first kappa shape index (κ1) is 19.6. The van der Waals surface area contributed by atoms with E-state index in [1.165, 1.54) is 6.08 Å². The molecule has 0 aliphatic carbocycles. The van der Waals surface area contributed by atoms with Crippen molar-refractivity contribution in [2.24, 2.45) is 0 Å². The number of furan rings is 1. The van der Waals surface area contributed by atoms with E-state index in [1.54, 1.807) is 18.4 Å². The number of benzene rings is 1. The molecule has 1 aromatic carbocycles. The minimum Gasteiger partial charge on any atom is -0.467 e. The van der Waals surface area contributed by atoms with Gasteiger partial charge in [-0.2, -0.15) is 0 Å². The average Bonchev–Trinajstić information content (AvgIpc) is 3.31. The molecule has 1 aliphatic heterocycles. The van der Waals surface area contributed by atoms with Gasteiger partial charge in [0.2, 0.25) is 5.91 Å². The van der Waals surface area contributed by atoms with Gasteiger partial charge in [0, 0.05) is 22.2 Å². The van der Waals surface area contributed by atoms with Crippen molar-refractivity contribution in [1.82, 2.24) is 20.5 Å². The molecule has 1 aliphatic rings. The Kier molecular flexibility index (Phi) is 5.20. The smallest absolute Gasteiger partial charge is 0.263 e. The number of rotatable bonds is 5. The van der Waals surface area contributed by atoms with Crippen molar-refractivity contribution in [3.8, 4) is 0 Å². The summed E-state index contributed by atoms with van der Waals surface area (Å²) in [5, 5.41) is 8.49. The number of hydrogen-bond acceptors (Lipinski definition) is 5. The molecule has 0 unspecified atom stereocenters. The van der Waals surface area contributed by atoms with Crippen molar-refractivity contribution in [1.29, 1.82) is 0 Å². The van der Waals surface area contributed by atoms with Gasteiger partial charge >= 0.3 is 0 Å². The molecule has 4 rings (SSSR count). The van der Waals surface area contributed by atoms with Crippen LogP contribution in [-0.4, -0.2) is 27.4 Å². The summed E-state index contributed by atoms with van der Waals surface area (Å²) in [4.78, 5) is 37.0. The summed E-state index contributed by atoms with van der Waals surface area (Å²) in [6.45, 7) is 2.22. The summed E-state index contributed by atoms with van der Waals surface area (Å²) >= 11 is 4.84. The highest BCUT2D eigenvalue weighted by Crippen LogP contribution is 2.28. The van der Waals surface area contributed by atoms with Gasteiger partial charge in [0.05, 0.1) is 12.8 Å². The van der Waals surface area contributed by atoms with Crippen LogP contribution in [0.25, 0.3) is 17.0 Å². The predicted octanol–water partition coefficient (Wildman–Crippen LogP) is 1.77. The molecule has 1 fully saturated rings. The summed E-state index contributed by atoms with van der Waals surface area (Å²) in [6.07, 6.45) is 3.08. The van der Waals surface area contributed by atoms with Gasteiger partial charge in [0.25, 0.3) is 11.8 Å². The molecular formula is C21H18N4O4S. The standard InChI is InChI=1S/C21H18N4O4S/c1-12-15(9-16-19(27)23-21(30)24-20(16)28)14-6-2-3-7-17(14)25(12)11-18(26)22-10-13-5-4-8-29-13/h2-9H,10-11H2,1H3,(H,22,26)(H2,23,24,27,28,30). The Balaban J connectivity index is 1.67. The lowest BCUT2D eigenvalue weighted by Gasteiger charge is -2.16. The van der Waals surface area contributed by atoms with E-state index in [0.717, 1.165) is 16.6 Å². The average molecular weight is 422 g/mol. The zero-order chi connectivity index (χ0) is 21.3. The van der Waals surface area contributed by atoms with Gasteiger partial charge in [-0.25, -0.2) is 0 Å². The predicted molar refractivity (Wildman–Crippen MR) is 114 cm³/mol. The van der Waals surface area contributed by atoms with Crippen molar-refractivity contribution in [2.45, 2.75) is 20.0 Å². The molecule has 0 bridgehead atoms. The van der Waals surface area contributed by atoms with Crippen LogP contribution in [0.5, 0.6) is 0 Å². The number of aromatic nitrogens is 1. The Morgan fingerprint density at radius 2 is 1.90 bits per heavy atom. The summed E-state index contributed by atoms with van der Waals surface area (Å²) in [5.74, 6) is -0.643. The van der Waals surface area contributed by atoms with Crippen LogP contribution >= 0.6 is 12.2 Å². The fourth-order valence-electron chi connectivity index (χ4n) is 3.39. The number of carbonyl (C=O) groups is 3. The minimum absolute atomic E-state index is 0.0190. The lowest BCUT2D eigenvalue weighted by molar-refractivity contribution is -0.123. The Labute approximate surface area is 176 Å². The SMILES string of the molecule is Cc1c(C=C2C(=O)NC(=S)NC2=O)c2ccccc2n1CC(=O)NCc1ccco1. The third-order valence-electron chi connectivity index (χ3n) is 4.85. The molecule has 152 valence electrons. The van der Waals surface area contributed by atoms with E-state index < -0.39 is 11.8 Å². The zero-order valence-corrected chi connectivity index (χ0v) is 16.8. The Bertz CT molecular complexity index is 1190. The highest BCUT2D eigenvalue weighted by Gasteiger charge is 2.27. The van der Waals surface area contributed by atoms with Crippen molar-refractivity contribution < 1.29 is 18.8 Å². The molecule has 8 nitrogen and oxygen atoms in total. The summed E-state index contributed by atoms with van der Waals surface area (Å²) in [6, 6.07) is 11.0. The second-order valence-electron chi connectivity index (χ2n) is 6.75. The molecule has 3 aromatic rings. The van der Waals surface area contributed by atoms with Gasteiger partial charge in [-0.05, 0) is 43.4 Å². The topological polar surface area (TPSA) is 105 Å². The molecular weight excluding hydrogens is 404 g/mol. The van der Waals surface area contributed by atoms with Crippen LogP contribution in [0.2, 0.25) is 0 Å². The van der Waals surface area contributed by atoms with Crippen LogP contribution in [-0.2, 0) is 27.5 Å². The molecule has 9 heteroatoms. The van der Waals surface area contributed by atoms with Crippen LogP contribution in [0.1, 0.15) is 17.0 Å². The maximum absolute atomic E-state index is 12.5. The van der Waals surface area contributed by atoms with E-state index in [0.29, 0.717) is 17.9 Å². The van der Waals surface area contributed by atoms with E-state index in [2.05, 4.69) is 16.0 Å². The third-order valence-corrected chi connectivity index (χ3v) is 5.06. The Morgan fingerprint density at radius 1 is 1.17 bits per heavy atom. The maximum atomic E-state index is 12.5. The van der Waals surface area contributed by atoms with Gasteiger partial charge in [-0.15, -0.1) is 0 Å². The van der Waals surface area contributed by atoms with Gasteiger partial charge < -0.3 is 14.3 Å². The number of fused-ring (bicyclic) bond motifs is 1. The zero-order valence-electron chi connectivity index (χ0n) is 16.0. The van der Waals surface area contributed by atoms with E-state index >= 15 is 0 Å². The molecule has 0 spiro atoms. The van der Waals surface area contributed by atoms with E-state index in [4.69, 9.17) is 16.6 Å². The Morgan fingerprint density at radius 3 is 2.60 bits per heavy atom. The van der Waals surface area contributed by atoms with Crippen molar-refractivity contribution in [3.05, 3.63) is 65.3 Å². The molecule has 0 radical (unpaired) electrons. The van der Waals surface area contributed by atoms with Crippen molar-refractivity contribution in [2.75, 3.05) is 0 Å². The second-order valence-corrected chi connectivity index (χ2v) is 7.16. The lowest BCUT2D eigenvalue weighted by atomic mass is 10.1. The molecule has 2 aromatic heterocycles. The van der Waals surface area contributed by atoms with Crippen LogP contribution in [0.15, 0.2) is 52.7 Å². The van der Waals surface area contributed by atoms with Crippen LogP contribution < -0.4 is 16.0 Å². The fraction of sp³-hybridized carbons (Fsp3) is 0.143. The van der Waals surface area contributed by atoms with E-state index in [-0.39, 0.29) is 23.1 Å². The molecule has 3 heterocycles. The summed E-state index contributed by atoms with van der Waals surface area (Å²) in [7, 11) is 0. The molecule has 3 amide bonds. The monoisotopic (exact) mass is 422 g/mol. The third kappa shape index (κ3) is 3.74. The number of nitrogens with one attached hydrogen (secondary N) is 3. The number of amides is 3. The lowest BCUT2D eigenvalue weighted by Crippen LogP contribution is -2.51. The first-order valence-electron chi connectivity index (χ1n) is 9.19. The number of para-hydroxylation sites is 1. The van der Waals surface area contributed by atoms with Crippen LogP contribution in [0, 0.1) is 6.92 Å². The van der Waals surface area contributed by atoms with Crippen molar-refractivity contribution in [3.63, 3.8) is 0 Å². The molecule has 0 atom stereocenters. The van der Waals surface area contributed by atoms with Crippen molar-refractivity contribution >= 4 is 52.0 Å². The molecule has 30 heavy (non-hydrogen) atoms. The minimum atomic E-state index is -0.559. The second kappa shape index (κ2) is 7.96. The van der Waals surface area contributed by atoms with E-state index in [1.807, 2.05) is 35.8 Å². The van der Waals surface area contributed by atoms with Crippen LogP contribution in [0.3, 0.4) is 0 Å². The molecule has 3 N–H and O–H groups in total. The number of nitrogens with zero attached hydrogens (tertiary/aromatic N) is 1. The number of thiocarbonyl (C=S) groups is 1. The maximum Gasteiger partial charge on any atom is 0.263 e. The fourth-order valence-corrected chi connectivity index (χ4v) is 3.58. The summed E-state index contributed by atoms with van der Waals surface area (Å²) in [5.41, 5.74) is 2.22. The Hall–Kier alpha value is -3.72. The van der Waals surface area contributed by atoms with E-state index in [9.17, 15) is 14.4 Å². The number of carbonyl (C=O) groups excluding carboxylic acids is 3. The van der Waals surface area contributed by atoms with Gasteiger partial charge in [0.1, 0.15) is 17.9 Å². The number of hydrogen-bond donors (Lipinski definition) is 3. The van der Waals surface area contributed by atoms with Gasteiger partial charge in [-0.1, -0.05) is 18.2 Å². The quantitative estimate of drug-likeness (QED) is 0.330. The van der Waals surface area contributed by atoms with Gasteiger partial charge in [-0.3, -0.25) is 25.0 Å². The highest BCUT2D eigenvalue weighted by molar-refractivity contribution is 7.80. The first-order chi connectivity index (χ1) is 14.4. The largest absolute Gasteiger partial charge is 0.467 e.